The van der Waals surface area contributed by atoms with Gasteiger partial charge in [-0.1, -0.05) is 23.7 Å². The van der Waals surface area contributed by atoms with E-state index in [0.717, 1.165) is 19.3 Å². The lowest BCUT2D eigenvalue weighted by Crippen LogP contribution is -2.35. The Balaban J connectivity index is 1.43. The second kappa shape index (κ2) is 12.3. The van der Waals surface area contributed by atoms with Gasteiger partial charge in [-0.25, -0.2) is 28.4 Å². The first-order valence-corrected chi connectivity index (χ1v) is 16.4. The lowest BCUT2D eigenvalue weighted by atomic mass is 10.2. The number of nitrogens with one attached hydrogen (secondary N) is 1. The Morgan fingerprint density at radius 1 is 1.05 bits per heavy atom. The van der Waals surface area contributed by atoms with Gasteiger partial charge in [-0.2, -0.15) is 0 Å². The summed E-state index contributed by atoms with van der Waals surface area (Å²) < 4.78 is 59.8. The predicted octanol–water partition coefficient (Wildman–Crippen LogP) is 4.76. The number of rotatable bonds is 12. The van der Waals surface area contributed by atoms with E-state index < -0.39 is 21.9 Å². The Kier molecular flexibility index (Phi) is 8.51. The van der Waals surface area contributed by atoms with Gasteiger partial charge in [-0.3, -0.25) is 9.29 Å². The van der Waals surface area contributed by atoms with Crippen molar-refractivity contribution in [1.29, 1.82) is 0 Å². The minimum atomic E-state index is -3.96. The van der Waals surface area contributed by atoms with Crippen LogP contribution in [0.15, 0.2) is 36.4 Å². The second-order valence-corrected chi connectivity index (χ2v) is 12.6. The largest absolute Gasteiger partial charge is 0.494 e. The Morgan fingerprint density at radius 3 is 2.45 bits per heavy atom. The van der Waals surface area contributed by atoms with Crippen LogP contribution in [-0.4, -0.2) is 78.0 Å². The van der Waals surface area contributed by atoms with E-state index in [2.05, 4.69) is 19.7 Å². The van der Waals surface area contributed by atoms with Crippen LogP contribution in [0.25, 0.3) is 28.5 Å². The molecule has 2 aliphatic rings. The van der Waals surface area contributed by atoms with Gasteiger partial charge in [0.25, 0.3) is 0 Å². The van der Waals surface area contributed by atoms with Crippen molar-refractivity contribution < 1.29 is 32.1 Å². The highest BCUT2D eigenvalue weighted by atomic mass is 35.5. The molecule has 4 heterocycles. The summed E-state index contributed by atoms with van der Waals surface area (Å²) in [6.07, 6.45) is 3.52. The fraction of sp³-hybridized carbons (Fsp3) is 0.448. The molecule has 44 heavy (non-hydrogen) atoms. The number of nitrogens with zero attached hydrogens (tertiary/aromatic N) is 5. The number of pyridine rings is 1. The summed E-state index contributed by atoms with van der Waals surface area (Å²) in [4.78, 5) is 18.4. The molecule has 4 aromatic rings. The molecule has 1 aromatic carbocycles. The third kappa shape index (κ3) is 6.25. The molecule has 1 saturated heterocycles. The molecule has 234 valence electrons. The predicted molar refractivity (Wildman–Crippen MR) is 163 cm³/mol. The number of benzene rings is 1. The smallest absolute Gasteiger partial charge is 0.236 e. The molecule has 0 radical (unpaired) electrons. The monoisotopic (exact) mass is 644 g/mol. The number of imidazole rings is 1. The third-order valence-corrected chi connectivity index (χ3v) is 9.03. The van der Waals surface area contributed by atoms with E-state index in [1.165, 1.54) is 14.2 Å². The third-order valence-electron chi connectivity index (χ3n) is 7.36. The lowest BCUT2D eigenvalue weighted by molar-refractivity contribution is -0.191. The molecule has 1 aliphatic heterocycles. The summed E-state index contributed by atoms with van der Waals surface area (Å²) in [5.74, 6) is 1.21. The topological polar surface area (TPSA) is 149 Å². The van der Waals surface area contributed by atoms with Gasteiger partial charge in [0.1, 0.15) is 22.9 Å². The molecule has 1 N–H and O–H groups in total. The highest BCUT2D eigenvalue weighted by Crippen LogP contribution is 2.43. The average molecular weight is 645 g/mol. The maximum atomic E-state index is 13.4. The van der Waals surface area contributed by atoms with Crippen molar-refractivity contribution in [3.8, 4) is 34.6 Å². The quantitative estimate of drug-likeness (QED) is 0.227. The molecule has 3 aromatic heterocycles. The van der Waals surface area contributed by atoms with Crippen LogP contribution >= 0.6 is 11.6 Å². The van der Waals surface area contributed by atoms with Crippen LogP contribution in [0, 0.1) is 0 Å². The standard InChI is InChI=1S/C29H33ClN6O7S/c1-4-41-21-12-7-9-18(31-21)27-34-26-28(36(27)23-19(39-2)10-8-11-20(23)40-3)33-25(24(30)32-26)35-44(37,38)17-29(14-15-29)43-22-13-5-6-16-42-22/h7-12,22H,4-6,13-17H2,1-3H3,(H,33,35). The van der Waals surface area contributed by atoms with Crippen molar-refractivity contribution in [2.24, 2.45) is 0 Å². The van der Waals surface area contributed by atoms with Gasteiger partial charge in [0.2, 0.25) is 15.9 Å². The first-order valence-electron chi connectivity index (χ1n) is 14.3. The minimum absolute atomic E-state index is 0.151. The van der Waals surface area contributed by atoms with Crippen LogP contribution in [0.2, 0.25) is 5.15 Å². The fourth-order valence-electron chi connectivity index (χ4n) is 5.19. The SMILES string of the molecule is CCOc1cccc(-c2nc3nc(Cl)c(NS(=O)(=O)CC4(OC5CCCCO5)CC4)nc3n2-c2c(OC)cccc2OC)n1. The van der Waals surface area contributed by atoms with E-state index in [0.29, 0.717) is 60.6 Å². The van der Waals surface area contributed by atoms with Crippen LogP contribution in [0.5, 0.6) is 17.4 Å². The van der Waals surface area contributed by atoms with Crippen LogP contribution in [0.3, 0.4) is 0 Å². The molecule has 1 saturated carbocycles. The van der Waals surface area contributed by atoms with Crippen molar-refractivity contribution in [2.45, 2.75) is 50.9 Å². The molecular weight excluding hydrogens is 612 g/mol. The van der Waals surface area contributed by atoms with E-state index in [4.69, 9.17) is 40.3 Å². The van der Waals surface area contributed by atoms with Crippen LogP contribution < -0.4 is 18.9 Å². The van der Waals surface area contributed by atoms with Gasteiger partial charge < -0.3 is 23.7 Å². The Hall–Kier alpha value is -3.72. The number of hydrogen-bond acceptors (Lipinski definition) is 11. The van der Waals surface area contributed by atoms with E-state index in [1.54, 1.807) is 41.0 Å². The highest BCUT2D eigenvalue weighted by Gasteiger charge is 2.50. The lowest BCUT2D eigenvalue weighted by Gasteiger charge is -2.27. The zero-order valence-electron chi connectivity index (χ0n) is 24.6. The molecule has 1 aliphatic carbocycles. The van der Waals surface area contributed by atoms with Crippen LogP contribution in [-0.2, 0) is 19.5 Å². The van der Waals surface area contributed by atoms with Gasteiger partial charge in [0, 0.05) is 12.7 Å². The zero-order valence-corrected chi connectivity index (χ0v) is 26.2. The van der Waals surface area contributed by atoms with E-state index in [9.17, 15) is 8.42 Å². The molecule has 2 fully saturated rings. The van der Waals surface area contributed by atoms with Crippen molar-refractivity contribution in [3.05, 3.63) is 41.6 Å². The number of methoxy groups -OCH3 is 2. The molecular formula is C29H33ClN6O7S. The van der Waals surface area contributed by atoms with Gasteiger partial charge in [-0.05, 0) is 57.2 Å². The van der Waals surface area contributed by atoms with Crippen LogP contribution in [0.1, 0.15) is 39.0 Å². The van der Waals surface area contributed by atoms with Crippen molar-refractivity contribution in [3.63, 3.8) is 0 Å². The first kappa shape index (κ1) is 30.3. The number of hydrogen-bond donors (Lipinski definition) is 1. The van der Waals surface area contributed by atoms with E-state index in [1.807, 2.05) is 6.92 Å². The maximum Gasteiger partial charge on any atom is 0.236 e. The van der Waals surface area contributed by atoms with Crippen molar-refractivity contribution >= 4 is 38.7 Å². The fourth-order valence-corrected chi connectivity index (χ4v) is 6.97. The average Bonchev–Trinajstić information content (AvgIpc) is 3.66. The normalized spacial score (nSPS) is 17.8. The van der Waals surface area contributed by atoms with Gasteiger partial charge >= 0.3 is 0 Å². The molecule has 0 amide bonds. The number of ether oxygens (including phenoxy) is 5. The Labute approximate surface area is 259 Å². The number of anilines is 1. The van der Waals surface area contributed by atoms with E-state index >= 15 is 0 Å². The number of halogens is 1. The Morgan fingerprint density at radius 2 is 1.80 bits per heavy atom. The maximum absolute atomic E-state index is 13.4. The van der Waals surface area contributed by atoms with Crippen molar-refractivity contribution in [1.82, 2.24) is 24.5 Å². The van der Waals surface area contributed by atoms with E-state index in [-0.39, 0.29) is 28.0 Å². The number of para-hydroxylation sites is 1. The molecule has 13 nitrogen and oxygen atoms in total. The van der Waals surface area contributed by atoms with Gasteiger partial charge in [0.15, 0.2) is 34.4 Å². The molecule has 0 spiro atoms. The summed E-state index contributed by atoms with van der Waals surface area (Å²) in [6.45, 7) is 2.90. The number of fused-ring (bicyclic) bond motifs is 1. The minimum Gasteiger partial charge on any atom is -0.494 e. The van der Waals surface area contributed by atoms with Gasteiger partial charge in [0.05, 0.1) is 32.2 Å². The summed E-state index contributed by atoms with van der Waals surface area (Å²) in [5, 5.41) is -0.165. The molecule has 1 atom stereocenters. The first-order chi connectivity index (χ1) is 21.2. The number of sulfonamides is 1. The zero-order chi connectivity index (χ0) is 30.9. The summed E-state index contributed by atoms with van der Waals surface area (Å²) in [7, 11) is -0.900. The number of aromatic nitrogens is 5. The van der Waals surface area contributed by atoms with Crippen LogP contribution in [0.4, 0.5) is 5.82 Å². The molecule has 1 unspecified atom stereocenters. The summed E-state index contributed by atoms with van der Waals surface area (Å²) in [5.41, 5.74) is 0.443. The molecule has 15 heteroatoms. The summed E-state index contributed by atoms with van der Waals surface area (Å²) in [6, 6.07) is 10.6. The van der Waals surface area contributed by atoms with Gasteiger partial charge in [-0.15, -0.1) is 0 Å². The van der Waals surface area contributed by atoms with Crippen molar-refractivity contribution in [2.75, 3.05) is 37.9 Å². The molecule has 0 bridgehead atoms. The Bertz CT molecular complexity index is 1750. The highest BCUT2D eigenvalue weighted by molar-refractivity contribution is 7.92. The second-order valence-electron chi connectivity index (χ2n) is 10.5. The summed E-state index contributed by atoms with van der Waals surface area (Å²) >= 11 is 6.50. The molecule has 6 rings (SSSR count).